The summed E-state index contributed by atoms with van der Waals surface area (Å²) in [4.78, 5) is 0. The molecule has 264 valence electrons. The highest BCUT2D eigenvalue weighted by Gasteiger charge is 2.74. The molecule has 0 aromatic heterocycles. The van der Waals surface area contributed by atoms with Crippen molar-refractivity contribution in [2.45, 2.75) is 238 Å². The molecule has 0 spiro atoms. The third kappa shape index (κ3) is 7.23. The summed E-state index contributed by atoms with van der Waals surface area (Å²) in [6, 6.07) is 8.37. The van der Waals surface area contributed by atoms with E-state index in [2.05, 4.69) is 12.1 Å². The van der Waals surface area contributed by atoms with Crippen molar-refractivity contribution in [2.75, 3.05) is 0 Å². The van der Waals surface area contributed by atoms with Gasteiger partial charge in [0.2, 0.25) is 0 Å². The van der Waals surface area contributed by atoms with Crippen LogP contribution >= 0.6 is 14.5 Å². The Morgan fingerprint density at radius 3 is 0.915 bits per heavy atom. The molecular formula is C44H73FP2+2. The molecule has 0 nitrogen and oxygen atoms in total. The first-order valence-electron chi connectivity index (χ1n) is 21.7. The SMILES string of the molecule is Fc1ccccc1CC([P+](C1CCCCC1)(C1CCCCC1)C1CCCCC1)[P+](C1CCCCC1)(C1CCCCC1)C1CCCCC1. The Hall–Kier alpha value is 0.01000. The van der Waals surface area contributed by atoms with E-state index >= 15 is 4.39 Å². The van der Waals surface area contributed by atoms with E-state index in [-0.39, 0.29) is 5.82 Å². The average Bonchev–Trinajstić information content (AvgIpc) is 3.16. The van der Waals surface area contributed by atoms with Crippen LogP contribution in [0, 0.1) is 5.82 Å². The Labute approximate surface area is 292 Å². The lowest BCUT2D eigenvalue weighted by atomic mass is 9.98. The molecule has 0 N–H and O–H groups in total. The van der Waals surface area contributed by atoms with E-state index in [1.807, 2.05) is 12.1 Å². The molecule has 6 aliphatic carbocycles. The van der Waals surface area contributed by atoms with Crippen LogP contribution in [0.1, 0.15) is 198 Å². The predicted octanol–water partition coefficient (Wildman–Crippen LogP) is 14.7. The highest BCUT2D eigenvalue weighted by molar-refractivity contribution is 7.95. The Morgan fingerprint density at radius 2 is 0.660 bits per heavy atom. The van der Waals surface area contributed by atoms with Gasteiger partial charge in [0.15, 0.2) is 5.40 Å². The normalized spacial score (nSPS) is 26.6. The van der Waals surface area contributed by atoms with E-state index in [0.29, 0.717) is 0 Å². The molecule has 0 heterocycles. The van der Waals surface area contributed by atoms with Crippen LogP contribution in [0.5, 0.6) is 0 Å². The fourth-order valence-corrected chi connectivity index (χ4v) is 35.2. The highest BCUT2D eigenvalue weighted by atomic mass is 31.2. The van der Waals surface area contributed by atoms with E-state index in [9.17, 15) is 0 Å². The van der Waals surface area contributed by atoms with Crippen LogP contribution < -0.4 is 0 Å². The van der Waals surface area contributed by atoms with Gasteiger partial charge in [-0.05, 0) is 166 Å². The maximum absolute atomic E-state index is 16.4. The van der Waals surface area contributed by atoms with Crippen molar-refractivity contribution in [1.82, 2.24) is 0 Å². The van der Waals surface area contributed by atoms with Gasteiger partial charge in [0.25, 0.3) is 0 Å². The smallest absolute Gasteiger partial charge is 0.174 e. The fraction of sp³-hybridized carbons (Fsp3) is 0.864. The molecular weight excluding hydrogens is 609 g/mol. The second-order valence-electron chi connectivity index (χ2n) is 17.8. The zero-order valence-electron chi connectivity index (χ0n) is 30.5. The van der Waals surface area contributed by atoms with Gasteiger partial charge in [0, 0.05) is 6.42 Å². The summed E-state index contributed by atoms with van der Waals surface area (Å²) < 4.78 is 16.4. The third-order valence-electron chi connectivity index (χ3n) is 15.6. The maximum Gasteiger partial charge on any atom is 0.174 e. The number of hydrogen-bond donors (Lipinski definition) is 0. The van der Waals surface area contributed by atoms with Gasteiger partial charge in [-0.2, -0.15) is 0 Å². The molecule has 6 saturated carbocycles. The molecule has 47 heavy (non-hydrogen) atoms. The molecule has 0 bridgehead atoms. The van der Waals surface area contributed by atoms with Gasteiger partial charge < -0.3 is 0 Å². The minimum Gasteiger partial charge on any atom is -0.207 e. The molecule has 3 heteroatoms. The lowest BCUT2D eigenvalue weighted by Crippen LogP contribution is -2.50. The topological polar surface area (TPSA) is 0 Å². The Kier molecular flexibility index (Phi) is 12.8. The average molecular weight is 683 g/mol. The van der Waals surface area contributed by atoms with E-state index in [1.54, 1.807) is 77.0 Å². The molecule has 6 aliphatic rings. The van der Waals surface area contributed by atoms with E-state index < -0.39 is 14.5 Å². The minimum absolute atomic E-state index is 0.153. The van der Waals surface area contributed by atoms with Crippen LogP contribution in [0.15, 0.2) is 24.3 Å². The summed E-state index contributed by atoms with van der Waals surface area (Å²) in [7, 11) is -2.91. The molecule has 0 radical (unpaired) electrons. The Bertz CT molecular complexity index is 911. The van der Waals surface area contributed by atoms with Crippen LogP contribution in [0.2, 0.25) is 0 Å². The van der Waals surface area contributed by atoms with Gasteiger partial charge in [-0.3, -0.25) is 0 Å². The summed E-state index contributed by atoms with van der Waals surface area (Å²) >= 11 is 0. The number of halogens is 1. The zero-order valence-corrected chi connectivity index (χ0v) is 32.3. The second-order valence-corrected chi connectivity index (χ2v) is 27.4. The molecule has 1 aromatic rings. The lowest BCUT2D eigenvalue weighted by molar-refractivity contribution is 0.437. The largest absolute Gasteiger partial charge is 0.207 e. The molecule has 7 rings (SSSR count). The number of benzene rings is 1. The summed E-state index contributed by atoms with van der Waals surface area (Å²) in [6.45, 7) is 0. The number of hydrogen-bond acceptors (Lipinski definition) is 0. The molecule has 0 atom stereocenters. The van der Waals surface area contributed by atoms with Crippen LogP contribution in [0.4, 0.5) is 4.39 Å². The summed E-state index contributed by atoms with van der Waals surface area (Å²) in [5.74, 6) is 0.153. The lowest BCUT2D eigenvalue weighted by Gasteiger charge is -2.59. The Morgan fingerprint density at radius 1 is 0.404 bits per heavy atom. The van der Waals surface area contributed by atoms with Crippen molar-refractivity contribution in [3.63, 3.8) is 0 Å². The van der Waals surface area contributed by atoms with Gasteiger partial charge in [0.05, 0.1) is 48.5 Å². The number of rotatable bonds is 10. The molecule has 0 unspecified atom stereocenters. The first kappa shape index (κ1) is 35.4. The van der Waals surface area contributed by atoms with Crippen LogP contribution in [-0.2, 0) is 6.42 Å². The molecule has 0 aliphatic heterocycles. The van der Waals surface area contributed by atoms with Crippen LogP contribution in [0.3, 0.4) is 0 Å². The van der Waals surface area contributed by atoms with Crippen molar-refractivity contribution in [3.05, 3.63) is 35.6 Å². The summed E-state index contributed by atoms with van der Waals surface area (Å²) in [5.41, 5.74) is 7.22. The van der Waals surface area contributed by atoms with Gasteiger partial charge in [0.1, 0.15) is 5.82 Å². The standard InChI is InChI=1S/C44H73FP2/c45-43-34-20-19-21-36(43)35-44(46(37-22-7-1-8-23-37,38-24-9-2-10-25-38)39-26-11-3-12-27-39)47(40-28-13-4-14-29-40,41-30-15-5-16-31-41)42-32-17-6-18-33-42/h19-21,34,37-42,44H,1-18,22-33,35H2/q+2. The Balaban J connectivity index is 1.52. The predicted molar refractivity (Wildman–Crippen MR) is 209 cm³/mol. The fourth-order valence-electron chi connectivity index (χ4n) is 13.9. The van der Waals surface area contributed by atoms with Crippen molar-refractivity contribution in [1.29, 1.82) is 0 Å². The minimum atomic E-state index is -1.46. The first-order chi connectivity index (χ1) is 23.3. The van der Waals surface area contributed by atoms with E-state index in [1.165, 1.54) is 116 Å². The first-order valence-corrected chi connectivity index (χ1v) is 25.9. The van der Waals surface area contributed by atoms with E-state index in [4.69, 9.17) is 0 Å². The molecule has 0 saturated heterocycles. The third-order valence-corrected chi connectivity index (χ3v) is 31.2. The van der Waals surface area contributed by atoms with Crippen LogP contribution in [0.25, 0.3) is 0 Å². The molecule has 6 fully saturated rings. The van der Waals surface area contributed by atoms with Gasteiger partial charge in [-0.25, -0.2) is 4.39 Å². The molecule has 1 aromatic carbocycles. The quantitative estimate of drug-likeness (QED) is 0.216. The highest BCUT2D eigenvalue weighted by Crippen LogP contribution is 2.94. The summed E-state index contributed by atoms with van der Waals surface area (Å²) in [6.07, 6.45) is 46.7. The van der Waals surface area contributed by atoms with Gasteiger partial charge >= 0.3 is 0 Å². The van der Waals surface area contributed by atoms with Crippen molar-refractivity contribution in [3.8, 4) is 0 Å². The molecule has 0 amide bonds. The van der Waals surface area contributed by atoms with Gasteiger partial charge in [-0.15, -0.1) is 0 Å². The maximum atomic E-state index is 16.4. The van der Waals surface area contributed by atoms with Crippen molar-refractivity contribution >= 4 is 14.5 Å². The van der Waals surface area contributed by atoms with Crippen LogP contribution in [-0.4, -0.2) is 39.4 Å². The van der Waals surface area contributed by atoms with Crippen molar-refractivity contribution in [2.24, 2.45) is 0 Å². The monoisotopic (exact) mass is 683 g/mol. The summed E-state index contributed by atoms with van der Waals surface area (Å²) in [5, 5.41) is 0.885. The van der Waals surface area contributed by atoms with Gasteiger partial charge in [-0.1, -0.05) is 56.7 Å². The zero-order chi connectivity index (χ0) is 31.9. The second kappa shape index (κ2) is 17.0. The van der Waals surface area contributed by atoms with Crippen molar-refractivity contribution < 1.29 is 4.39 Å². The van der Waals surface area contributed by atoms with E-state index in [0.717, 1.165) is 51.3 Å².